The third kappa shape index (κ3) is 5.97. The predicted molar refractivity (Wildman–Crippen MR) is 90.5 cm³/mol. The SMILES string of the molecule is CCC(=O)Nc1cccc(C(=O)NCC[S@](=O)C(C)(C)C)c1. The predicted octanol–water partition coefficient (Wildman–Crippen LogP) is 2.31. The molecule has 2 N–H and O–H groups in total. The number of nitrogens with one attached hydrogen (secondary N) is 2. The van der Waals surface area contributed by atoms with Crippen LogP contribution in [0.5, 0.6) is 0 Å². The second-order valence-corrected chi connectivity index (χ2v) is 8.22. The number of hydrogen-bond donors (Lipinski definition) is 2. The minimum Gasteiger partial charge on any atom is -0.351 e. The molecular weight excluding hydrogens is 300 g/mol. The molecule has 0 bridgehead atoms. The molecule has 1 atom stereocenters. The molecule has 5 nitrogen and oxygen atoms in total. The zero-order valence-corrected chi connectivity index (χ0v) is 14.4. The van der Waals surface area contributed by atoms with Gasteiger partial charge in [-0.2, -0.15) is 0 Å². The molecule has 0 saturated heterocycles. The molecule has 0 unspecified atom stereocenters. The summed E-state index contributed by atoms with van der Waals surface area (Å²) in [4.78, 5) is 23.4. The molecule has 0 aliphatic carbocycles. The van der Waals surface area contributed by atoms with Crippen LogP contribution in [-0.2, 0) is 15.6 Å². The van der Waals surface area contributed by atoms with Crippen molar-refractivity contribution in [1.29, 1.82) is 0 Å². The fourth-order valence-electron chi connectivity index (χ4n) is 1.65. The average molecular weight is 324 g/mol. The van der Waals surface area contributed by atoms with Crippen molar-refractivity contribution >= 4 is 28.3 Å². The fourth-order valence-corrected chi connectivity index (χ4v) is 2.55. The van der Waals surface area contributed by atoms with Crippen molar-refractivity contribution in [2.45, 2.75) is 38.9 Å². The summed E-state index contributed by atoms with van der Waals surface area (Å²) in [5.41, 5.74) is 1.06. The molecule has 0 aromatic heterocycles. The third-order valence-electron chi connectivity index (χ3n) is 2.99. The van der Waals surface area contributed by atoms with Gasteiger partial charge in [0.2, 0.25) is 5.91 Å². The lowest BCUT2D eigenvalue weighted by Gasteiger charge is -2.17. The van der Waals surface area contributed by atoms with Crippen LogP contribution < -0.4 is 10.6 Å². The highest BCUT2D eigenvalue weighted by Crippen LogP contribution is 2.12. The molecule has 1 aromatic carbocycles. The highest BCUT2D eigenvalue weighted by Gasteiger charge is 2.19. The topological polar surface area (TPSA) is 75.3 Å². The molecular formula is C16H24N2O3S. The molecule has 0 aliphatic rings. The van der Waals surface area contributed by atoms with Crippen molar-refractivity contribution in [3.8, 4) is 0 Å². The largest absolute Gasteiger partial charge is 0.351 e. The van der Waals surface area contributed by atoms with Crippen molar-refractivity contribution in [1.82, 2.24) is 5.32 Å². The van der Waals surface area contributed by atoms with Gasteiger partial charge >= 0.3 is 0 Å². The van der Waals surface area contributed by atoms with Crippen LogP contribution in [0.4, 0.5) is 5.69 Å². The fraction of sp³-hybridized carbons (Fsp3) is 0.500. The van der Waals surface area contributed by atoms with E-state index < -0.39 is 10.8 Å². The number of carbonyl (C=O) groups is 2. The maximum atomic E-state index is 12.1. The zero-order chi connectivity index (χ0) is 16.8. The molecule has 0 aliphatic heterocycles. The van der Waals surface area contributed by atoms with Gasteiger partial charge in [0, 0.05) is 45.5 Å². The molecule has 0 radical (unpaired) electrons. The van der Waals surface area contributed by atoms with Gasteiger partial charge < -0.3 is 10.6 Å². The summed E-state index contributed by atoms with van der Waals surface area (Å²) in [5.74, 6) is 0.0817. The van der Waals surface area contributed by atoms with Crippen molar-refractivity contribution < 1.29 is 13.8 Å². The van der Waals surface area contributed by atoms with Crippen LogP contribution in [0.3, 0.4) is 0 Å². The van der Waals surface area contributed by atoms with Crippen LogP contribution in [0.25, 0.3) is 0 Å². The Hall–Kier alpha value is -1.69. The van der Waals surface area contributed by atoms with Gasteiger partial charge in [-0.05, 0) is 39.0 Å². The lowest BCUT2D eigenvalue weighted by Crippen LogP contribution is -2.32. The molecule has 0 fully saturated rings. The standard InChI is InChI=1S/C16H24N2O3S/c1-5-14(19)18-13-8-6-7-12(11-13)15(20)17-9-10-22(21)16(2,3)4/h6-8,11H,5,9-10H2,1-4H3,(H,17,20)(H,18,19)/t22-/m0/s1. The lowest BCUT2D eigenvalue weighted by atomic mass is 10.2. The number of amides is 2. The Morgan fingerprint density at radius 1 is 1.23 bits per heavy atom. The van der Waals surface area contributed by atoms with Gasteiger partial charge in [0.05, 0.1) is 0 Å². The van der Waals surface area contributed by atoms with Crippen molar-refractivity contribution in [2.75, 3.05) is 17.6 Å². The van der Waals surface area contributed by atoms with Gasteiger partial charge in [-0.15, -0.1) is 0 Å². The number of benzene rings is 1. The summed E-state index contributed by atoms with van der Waals surface area (Å²) < 4.78 is 11.6. The Balaban J connectivity index is 2.57. The van der Waals surface area contributed by atoms with E-state index in [9.17, 15) is 13.8 Å². The van der Waals surface area contributed by atoms with E-state index in [-0.39, 0.29) is 16.6 Å². The van der Waals surface area contributed by atoms with Crippen LogP contribution in [0.1, 0.15) is 44.5 Å². The van der Waals surface area contributed by atoms with Crippen LogP contribution >= 0.6 is 0 Å². The first-order valence-corrected chi connectivity index (χ1v) is 8.62. The first-order valence-electron chi connectivity index (χ1n) is 7.30. The van der Waals surface area contributed by atoms with E-state index in [4.69, 9.17) is 0 Å². The smallest absolute Gasteiger partial charge is 0.251 e. The van der Waals surface area contributed by atoms with Crippen LogP contribution in [0, 0.1) is 0 Å². The van der Waals surface area contributed by atoms with E-state index in [1.165, 1.54) is 0 Å². The number of rotatable bonds is 6. The van der Waals surface area contributed by atoms with Crippen molar-refractivity contribution in [3.05, 3.63) is 29.8 Å². The second-order valence-electron chi connectivity index (χ2n) is 5.90. The Morgan fingerprint density at radius 3 is 2.50 bits per heavy atom. The average Bonchev–Trinajstić information content (AvgIpc) is 2.46. The quantitative estimate of drug-likeness (QED) is 0.843. The molecule has 1 rings (SSSR count). The van der Waals surface area contributed by atoms with E-state index in [2.05, 4.69) is 10.6 Å². The number of anilines is 1. The maximum absolute atomic E-state index is 12.1. The number of hydrogen-bond acceptors (Lipinski definition) is 3. The van der Waals surface area contributed by atoms with Crippen molar-refractivity contribution in [2.24, 2.45) is 0 Å². The van der Waals surface area contributed by atoms with Gasteiger partial charge in [0.15, 0.2) is 0 Å². The van der Waals surface area contributed by atoms with E-state index in [0.717, 1.165) is 0 Å². The minimum absolute atomic E-state index is 0.0990. The van der Waals surface area contributed by atoms with Crippen LogP contribution in [-0.4, -0.2) is 33.1 Å². The molecule has 0 spiro atoms. The minimum atomic E-state index is -0.995. The molecule has 122 valence electrons. The zero-order valence-electron chi connectivity index (χ0n) is 13.6. The first-order chi connectivity index (χ1) is 10.2. The summed E-state index contributed by atoms with van der Waals surface area (Å²) in [6.45, 7) is 7.84. The number of carbonyl (C=O) groups excluding carboxylic acids is 2. The first kappa shape index (κ1) is 18.4. The van der Waals surface area contributed by atoms with E-state index >= 15 is 0 Å². The van der Waals surface area contributed by atoms with E-state index in [1.54, 1.807) is 31.2 Å². The Kier molecular flexibility index (Phi) is 6.74. The summed E-state index contributed by atoms with van der Waals surface area (Å²) in [5, 5.41) is 5.47. The molecule has 0 saturated carbocycles. The Bertz CT molecular complexity index is 565. The Morgan fingerprint density at radius 2 is 1.91 bits per heavy atom. The van der Waals surface area contributed by atoms with Crippen LogP contribution in [0.15, 0.2) is 24.3 Å². The highest BCUT2D eigenvalue weighted by atomic mass is 32.2. The van der Waals surface area contributed by atoms with Crippen molar-refractivity contribution in [3.63, 3.8) is 0 Å². The highest BCUT2D eigenvalue weighted by molar-refractivity contribution is 7.86. The Labute approximate surface area is 134 Å². The van der Waals surface area contributed by atoms with Gasteiger partial charge in [-0.3, -0.25) is 13.8 Å². The summed E-state index contributed by atoms with van der Waals surface area (Å²) in [6.07, 6.45) is 0.384. The van der Waals surface area contributed by atoms with Gasteiger partial charge in [-0.1, -0.05) is 13.0 Å². The normalized spacial score (nSPS) is 12.5. The molecule has 2 amide bonds. The molecule has 6 heteroatoms. The molecule has 1 aromatic rings. The summed E-state index contributed by atoms with van der Waals surface area (Å²) in [7, 11) is -0.995. The van der Waals surface area contributed by atoms with Gasteiger partial charge in [-0.25, -0.2) is 0 Å². The molecule has 0 heterocycles. The van der Waals surface area contributed by atoms with Gasteiger partial charge in [0.25, 0.3) is 5.91 Å². The van der Waals surface area contributed by atoms with E-state index in [1.807, 2.05) is 20.8 Å². The second kappa shape index (κ2) is 8.08. The summed E-state index contributed by atoms with van der Waals surface area (Å²) >= 11 is 0. The summed E-state index contributed by atoms with van der Waals surface area (Å²) in [6, 6.07) is 6.76. The van der Waals surface area contributed by atoms with Gasteiger partial charge in [0.1, 0.15) is 0 Å². The lowest BCUT2D eigenvalue weighted by molar-refractivity contribution is -0.115. The molecule has 22 heavy (non-hydrogen) atoms. The monoisotopic (exact) mass is 324 g/mol. The third-order valence-corrected chi connectivity index (χ3v) is 4.93. The van der Waals surface area contributed by atoms with E-state index in [0.29, 0.717) is 30.0 Å². The van der Waals surface area contributed by atoms with Crippen LogP contribution in [0.2, 0.25) is 0 Å². The maximum Gasteiger partial charge on any atom is 0.251 e.